The van der Waals surface area contributed by atoms with Gasteiger partial charge >= 0.3 is 0 Å². The summed E-state index contributed by atoms with van der Waals surface area (Å²) in [6, 6.07) is 8.42. The number of benzene rings is 1. The van der Waals surface area contributed by atoms with Crippen LogP contribution < -0.4 is 10.5 Å². The number of hydrogen-bond donors (Lipinski definition) is 1. The van der Waals surface area contributed by atoms with Crippen molar-refractivity contribution in [1.82, 2.24) is 0 Å². The van der Waals surface area contributed by atoms with E-state index in [0.717, 1.165) is 18.1 Å². The van der Waals surface area contributed by atoms with Gasteiger partial charge in [-0.2, -0.15) is 0 Å². The quantitative estimate of drug-likeness (QED) is 0.670. The van der Waals surface area contributed by atoms with Crippen LogP contribution in [0.1, 0.15) is 39.7 Å². The van der Waals surface area contributed by atoms with Gasteiger partial charge in [-0.15, -0.1) is 0 Å². The normalized spacial score (nSPS) is 11.9. The second-order valence-electron chi connectivity index (χ2n) is 6.83. The Kier molecular flexibility index (Phi) is 7.76. The second kappa shape index (κ2) is 9.06. The average Bonchev–Trinajstić information content (AvgIpc) is 2.38. The van der Waals surface area contributed by atoms with Gasteiger partial charge in [0.15, 0.2) is 0 Å². The lowest BCUT2D eigenvalue weighted by atomic mass is 9.79. The lowest BCUT2D eigenvalue weighted by Crippen LogP contribution is -2.17. The minimum Gasteiger partial charge on any atom is -0.491 e. The molecule has 0 atom stereocenters. The van der Waals surface area contributed by atoms with Crippen LogP contribution >= 0.6 is 0 Å². The van der Waals surface area contributed by atoms with E-state index >= 15 is 0 Å². The third kappa shape index (κ3) is 8.08. The van der Waals surface area contributed by atoms with Crippen molar-refractivity contribution in [2.45, 2.75) is 40.5 Å². The fraction of sp³-hybridized carbons (Fsp3) is 0.667. The highest BCUT2D eigenvalue weighted by Crippen LogP contribution is 2.30. The van der Waals surface area contributed by atoms with Crippen LogP contribution in [0.15, 0.2) is 24.3 Å². The van der Waals surface area contributed by atoms with Gasteiger partial charge in [-0.3, -0.25) is 0 Å². The van der Waals surface area contributed by atoms with Gasteiger partial charge in [-0.1, -0.05) is 39.8 Å². The summed E-state index contributed by atoms with van der Waals surface area (Å²) in [7, 11) is 0. The lowest BCUT2D eigenvalue weighted by Gasteiger charge is -2.26. The molecule has 1 aromatic rings. The van der Waals surface area contributed by atoms with Crippen LogP contribution in [-0.4, -0.2) is 26.4 Å². The third-order valence-corrected chi connectivity index (χ3v) is 3.33. The lowest BCUT2D eigenvalue weighted by molar-refractivity contribution is 0.106. The topological polar surface area (TPSA) is 44.5 Å². The maximum absolute atomic E-state index is 5.64. The van der Waals surface area contributed by atoms with Crippen LogP contribution in [0.5, 0.6) is 5.75 Å². The zero-order valence-corrected chi connectivity index (χ0v) is 14.0. The van der Waals surface area contributed by atoms with Crippen LogP contribution in [0, 0.1) is 11.3 Å². The Labute approximate surface area is 129 Å². The molecule has 3 heteroatoms. The first-order valence-corrected chi connectivity index (χ1v) is 7.92. The summed E-state index contributed by atoms with van der Waals surface area (Å²) in [5.41, 5.74) is 7.06. The maximum Gasteiger partial charge on any atom is 0.119 e. The number of ether oxygens (including phenoxy) is 2. The van der Waals surface area contributed by atoms with Crippen molar-refractivity contribution in [3.63, 3.8) is 0 Å². The van der Waals surface area contributed by atoms with Gasteiger partial charge in [0.2, 0.25) is 0 Å². The fourth-order valence-electron chi connectivity index (χ4n) is 2.84. The van der Waals surface area contributed by atoms with E-state index in [1.54, 1.807) is 0 Å². The average molecular weight is 293 g/mol. The molecule has 0 bridgehead atoms. The van der Waals surface area contributed by atoms with Crippen molar-refractivity contribution in [1.29, 1.82) is 0 Å². The van der Waals surface area contributed by atoms with E-state index in [4.69, 9.17) is 15.2 Å². The summed E-state index contributed by atoms with van der Waals surface area (Å²) in [5, 5.41) is 0. The zero-order valence-electron chi connectivity index (χ0n) is 14.0. The first-order valence-electron chi connectivity index (χ1n) is 7.92. The van der Waals surface area contributed by atoms with Crippen LogP contribution in [0.4, 0.5) is 0 Å². The molecule has 1 rings (SSSR count). The first kappa shape index (κ1) is 18.0. The summed E-state index contributed by atoms with van der Waals surface area (Å²) in [6.45, 7) is 11.5. The van der Waals surface area contributed by atoms with Crippen LogP contribution in [0.3, 0.4) is 0 Å². The van der Waals surface area contributed by atoms with Gasteiger partial charge in [-0.25, -0.2) is 0 Å². The Hall–Kier alpha value is -1.06. The van der Waals surface area contributed by atoms with Crippen molar-refractivity contribution in [2.75, 3.05) is 26.4 Å². The molecule has 0 fully saturated rings. The summed E-state index contributed by atoms with van der Waals surface area (Å²) in [5.74, 6) is 1.63. The molecule has 0 aliphatic carbocycles. The molecule has 120 valence electrons. The molecular formula is C18H31NO2. The van der Waals surface area contributed by atoms with E-state index in [9.17, 15) is 0 Å². The van der Waals surface area contributed by atoms with Gasteiger partial charge in [-0.05, 0) is 41.9 Å². The third-order valence-electron chi connectivity index (χ3n) is 3.33. The Bertz CT molecular complexity index is 385. The van der Waals surface area contributed by atoms with Crippen molar-refractivity contribution >= 4 is 0 Å². The number of nitrogens with two attached hydrogens (primary N) is 1. The predicted octanol–water partition coefficient (Wildman–Crippen LogP) is 3.66. The number of rotatable bonds is 10. The van der Waals surface area contributed by atoms with Gasteiger partial charge in [0.25, 0.3) is 0 Å². The van der Waals surface area contributed by atoms with E-state index in [2.05, 4.69) is 39.8 Å². The number of hydrogen-bond acceptors (Lipinski definition) is 3. The first-order chi connectivity index (χ1) is 9.93. The maximum atomic E-state index is 5.64. The van der Waals surface area contributed by atoms with E-state index in [-0.39, 0.29) is 0 Å². The molecule has 1 aromatic carbocycles. The molecule has 21 heavy (non-hydrogen) atoms. The minimum atomic E-state index is 0.340. The molecule has 3 nitrogen and oxygen atoms in total. The van der Waals surface area contributed by atoms with Crippen molar-refractivity contribution in [2.24, 2.45) is 17.1 Å². The molecule has 0 radical (unpaired) electrons. The minimum absolute atomic E-state index is 0.340. The molecule has 0 amide bonds. The van der Waals surface area contributed by atoms with Crippen molar-refractivity contribution in [3.05, 3.63) is 29.8 Å². The van der Waals surface area contributed by atoms with Gasteiger partial charge in [0, 0.05) is 6.54 Å². The Morgan fingerprint density at radius 3 is 2.29 bits per heavy atom. The molecular weight excluding hydrogens is 262 g/mol. The second-order valence-corrected chi connectivity index (χ2v) is 6.83. The highest BCUT2D eigenvalue weighted by Gasteiger charge is 2.19. The summed E-state index contributed by atoms with van der Waals surface area (Å²) < 4.78 is 10.9. The van der Waals surface area contributed by atoms with Gasteiger partial charge in [0.05, 0.1) is 13.2 Å². The summed E-state index contributed by atoms with van der Waals surface area (Å²) >= 11 is 0. The smallest absolute Gasteiger partial charge is 0.119 e. The van der Waals surface area contributed by atoms with Gasteiger partial charge in [0.1, 0.15) is 12.4 Å². The standard InChI is InChI=1S/C18H31NO2/c1-15(2)13-18(3,4)14-16-5-7-17(8-6-16)21-12-11-20-10-9-19/h5-8,15H,9-14,19H2,1-4H3. The highest BCUT2D eigenvalue weighted by molar-refractivity contribution is 5.27. The highest BCUT2D eigenvalue weighted by atomic mass is 16.5. The molecule has 0 spiro atoms. The Morgan fingerprint density at radius 1 is 1.05 bits per heavy atom. The predicted molar refractivity (Wildman–Crippen MR) is 88.8 cm³/mol. The van der Waals surface area contributed by atoms with Crippen LogP contribution in [0.25, 0.3) is 0 Å². The van der Waals surface area contributed by atoms with E-state index < -0.39 is 0 Å². The van der Waals surface area contributed by atoms with E-state index in [1.807, 2.05) is 12.1 Å². The molecule has 0 heterocycles. The van der Waals surface area contributed by atoms with Crippen LogP contribution in [-0.2, 0) is 11.2 Å². The molecule has 0 saturated carbocycles. The Balaban J connectivity index is 2.39. The van der Waals surface area contributed by atoms with Crippen molar-refractivity contribution in [3.8, 4) is 5.75 Å². The fourth-order valence-corrected chi connectivity index (χ4v) is 2.84. The molecule has 0 aliphatic rings. The van der Waals surface area contributed by atoms with E-state index in [1.165, 1.54) is 12.0 Å². The van der Waals surface area contributed by atoms with E-state index in [0.29, 0.717) is 31.8 Å². The molecule has 0 saturated heterocycles. The monoisotopic (exact) mass is 293 g/mol. The SMILES string of the molecule is CC(C)CC(C)(C)Cc1ccc(OCCOCCN)cc1. The summed E-state index contributed by atoms with van der Waals surface area (Å²) in [6.07, 6.45) is 2.34. The van der Waals surface area contributed by atoms with Gasteiger partial charge < -0.3 is 15.2 Å². The summed E-state index contributed by atoms with van der Waals surface area (Å²) in [4.78, 5) is 0. The Morgan fingerprint density at radius 2 is 1.71 bits per heavy atom. The zero-order chi connectivity index (χ0) is 15.7. The van der Waals surface area contributed by atoms with Crippen molar-refractivity contribution < 1.29 is 9.47 Å². The molecule has 2 N–H and O–H groups in total. The molecule has 0 aromatic heterocycles. The van der Waals surface area contributed by atoms with Crippen LogP contribution in [0.2, 0.25) is 0 Å². The largest absolute Gasteiger partial charge is 0.491 e. The molecule has 0 aliphatic heterocycles. The molecule has 0 unspecified atom stereocenters.